The maximum Gasteiger partial charge on any atom is 0.405 e. The van der Waals surface area contributed by atoms with Gasteiger partial charge in [0.25, 0.3) is 0 Å². The number of benzene rings is 1. The molecule has 2 rings (SSSR count). The van der Waals surface area contributed by atoms with E-state index in [1.54, 1.807) is 0 Å². The molecule has 1 amide bonds. The normalized spacial score (nSPS) is 13.4. The molecule has 0 aliphatic carbocycles. The van der Waals surface area contributed by atoms with Gasteiger partial charge < -0.3 is 15.0 Å². The Hall–Kier alpha value is -1.56. The second kappa shape index (κ2) is 5.67. The van der Waals surface area contributed by atoms with Crippen molar-refractivity contribution in [3.05, 3.63) is 28.5 Å². The van der Waals surface area contributed by atoms with E-state index in [4.69, 9.17) is 5.11 Å². The Morgan fingerprint density at radius 3 is 2.67 bits per heavy atom. The summed E-state index contributed by atoms with van der Waals surface area (Å²) in [5.41, 5.74) is 1.60. The van der Waals surface area contributed by atoms with Crippen molar-refractivity contribution < 1.29 is 9.90 Å². The quantitative estimate of drug-likeness (QED) is 0.869. The van der Waals surface area contributed by atoms with Crippen molar-refractivity contribution in [2.75, 3.05) is 0 Å². The lowest BCUT2D eigenvalue weighted by Crippen LogP contribution is -2.37. The third-order valence-electron chi connectivity index (χ3n) is 3.45. The van der Waals surface area contributed by atoms with Crippen LogP contribution in [0.1, 0.15) is 39.6 Å². The highest BCUT2D eigenvalue weighted by atomic mass is 79.9. The molecule has 1 heterocycles. The van der Waals surface area contributed by atoms with Gasteiger partial charge in [-0.3, -0.25) is 0 Å². The average Bonchev–Trinajstić information content (AvgIpc) is 2.71. The van der Waals surface area contributed by atoms with Crippen molar-refractivity contribution in [1.82, 2.24) is 14.9 Å². The number of nitrogens with zero attached hydrogens (tertiary/aromatic N) is 2. The van der Waals surface area contributed by atoms with Crippen molar-refractivity contribution in [3.8, 4) is 0 Å². The third kappa shape index (κ3) is 3.20. The first-order valence-electron chi connectivity index (χ1n) is 6.89. The number of rotatable bonds is 3. The predicted molar refractivity (Wildman–Crippen MR) is 86.5 cm³/mol. The molecular formula is C15H20BrN3O2. The maximum atomic E-state index is 11.1. The third-order valence-corrected chi connectivity index (χ3v) is 3.94. The summed E-state index contributed by atoms with van der Waals surface area (Å²) in [4.78, 5) is 15.8. The molecule has 6 heteroatoms. The Morgan fingerprint density at radius 1 is 1.48 bits per heavy atom. The van der Waals surface area contributed by atoms with Crippen molar-refractivity contribution in [1.29, 1.82) is 0 Å². The van der Waals surface area contributed by atoms with E-state index in [0.717, 1.165) is 27.9 Å². The Morgan fingerprint density at radius 2 is 2.14 bits per heavy atom. The summed E-state index contributed by atoms with van der Waals surface area (Å²) in [5, 5.41) is 11.7. The van der Waals surface area contributed by atoms with E-state index in [-0.39, 0.29) is 11.5 Å². The van der Waals surface area contributed by atoms with E-state index < -0.39 is 6.09 Å². The molecule has 114 valence electrons. The smallest absolute Gasteiger partial charge is 0.405 e. The average molecular weight is 354 g/mol. The van der Waals surface area contributed by atoms with Crippen LogP contribution in [-0.4, -0.2) is 20.8 Å². The molecule has 5 nitrogen and oxygen atoms in total. The van der Waals surface area contributed by atoms with E-state index in [2.05, 4.69) is 30.8 Å². The Labute approximate surface area is 132 Å². The van der Waals surface area contributed by atoms with Gasteiger partial charge in [0.1, 0.15) is 5.82 Å². The molecule has 0 spiro atoms. The van der Waals surface area contributed by atoms with Gasteiger partial charge in [-0.25, -0.2) is 9.78 Å². The van der Waals surface area contributed by atoms with Crippen molar-refractivity contribution >= 4 is 33.1 Å². The van der Waals surface area contributed by atoms with Crippen LogP contribution in [0.15, 0.2) is 22.7 Å². The molecule has 2 aromatic rings. The molecule has 1 atom stereocenters. The van der Waals surface area contributed by atoms with Crippen LogP contribution in [0, 0.1) is 5.41 Å². The number of halogens is 1. The van der Waals surface area contributed by atoms with Gasteiger partial charge in [-0.1, -0.05) is 36.7 Å². The SMILES string of the molecule is CCn1c(C(NC(=O)O)C(C)(C)C)nc2cc(Br)ccc21. The number of imidazole rings is 1. The summed E-state index contributed by atoms with van der Waals surface area (Å²) in [6.07, 6.45) is -1.04. The molecule has 0 radical (unpaired) electrons. The number of hydrogen-bond acceptors (Lipinski definition) is 2. The maximum absolute atomic E-state index is 11.1. The minimum Gasteiger partial charge on any atom is -0.465 e. The van der Waals surface area contributed by atoms with Gasteiger partial charge in [-0.2, -0.15) is 0 Å². The lowest BCUT2D eigenvalue weighted by molar-refractivity contribution is 0.172. The van der Waals surface area contributed by atoms with Crippen LogP contribution in [0.2, 0.25) is 0 Å². The van der Waals surface area contributed by atoms with Crippen LogP contribution in [0.25, 0.3) is 11.0 Å². The summed E-state index contributed by atoms with van der Waals surface area (Å²) in [6.45, 7) is 8.78. The number of aryl methyl sites for hydroxylation is 1. The standard InChI is InChI=1S/C15H20BrN3O2/c1-5-19-11-7-6-9(16)8-10(11)17-13(19)12(15(2,3)4)18-14(20)21/h6-8,12,18H,5H2,1-4H3,(H,20,21). The fraction of sp³-hybridized carbons (Fsp3) is 0.467. The number of carbonyl (C=O) groups is 1. The first-order valence-corrected chi connectivity index (χ1v) is 7.68. The molecule has 21 heavy (non-hydrogen) atoms. The number of carboxylic acid groups (broad SMARTS) is 1. The zero-order valence-electron chi connectivity index (χ0n) is 12.6. The Bertz CT molecular complexity index is 673. The van der Waals surface area contributed by atoms with Crippen molar-refractivity contribution in [3.63, 3.8) is 0 Å². The molecule has 1 aromatic carbocycles. The largest absolute Gasteiger partial charge is 0.465 e. The van der Waals surface area contributed by atoms with E-state index in [1.165, 1.54) is 0 Å². The number of hydrogen-bond donors (Lipinski definition) is 2. The number of fused-ring (bicyclic) bond motifs is 1. The minimum atomic E-state index is -1.04. The molecule has 0 aliphatic heterocycles. The van der Waals surface area contributed by atoms with Gasteiger partial charge in [0.15, 0.2) is 0 Å². The molecule has 0 bridgehead atoms. The van der Waals surface area contributed by atoms with Gasteiger partial charge in [-0.05, 0) is 30.5 Å². The van der Waals surface area contributed by atoms with E-state index in [0.29, 0.717) is 0 Å². The Kier molecular flexibility index (Phi) is 4.27. The van der Waals surface area contributed by atoms with Crippen LogP contribution in [0.5, 0.6) is 0 Å². The number of aromatic nitrogens is 2. The minimum absolute atomic E-state index is 0.274. The number of amides is 1. The molecule has 0 fully saturated rings. The van der Waals surface area contributed by atoms with E-state index in [1.807, 2.05) is 45.9 Å². The molecule has 2 N–H and O–H groups in total. The van der Waals surface area contributed by atoms with Gasteiger partial charge in [0, 0.05) is 11.0 Å². The van der Waals surface area contributed by atoms with Crippen LogP contribution >= 0.6 is 15.9 Å². The van der Waals surface area contributed by atoms with Crippen molar-refractivity contribution in [2.24, 2.45) is 5.41 Å². The summed E-state index contributed by atoms with van der Waals surface area (Å²) < 4.78 is 3.02. The van der Waals surface area contributed by atoms with E-state index in [9.17, 15) is 4.79 Å². The zero-order chi connectivity index (χ0) is 15.8. The molecule has 1 aromatic heterocycles. The lowest BCUT2D eigenvalue weighted by atomic mass is 9.86. The highest BCUT2D eigenvalue weighted by molar-refractivity contribution is 9.10. The van der Waals surface area contributed by atoms with Gasteiger partial charge >= 0.3 is 6.09 Å². The second-order valence-electron chi connectivity index (χ2n) is 6.10. The fourth-order valence-electron chi connectivity index (χ4n) is 2.47. The molecule has 0 saturated heterocycles. The highest BCUT2D eigenvalue weighted by Gasteiger charge is 2.32. The van der Waals surface area contributed by atoms with Gasteiger partial charge in [0.05, 0.1) is 17.1 Å². The first kappa shape index (κ1) is 15.8. The molecule has 0 saturated carbocycles. The van der Waals surface area contributed by atoms with Crippen LogP contribution in [0.3, 0.4) is 0 Å². The van der Waals surface area contributed by atoms with Crippen LogP contribution in [-0.2, 0) is 6.54 Å². The molecule has 1 unspecified atom stereocenters. The highest BCUT2D eigenvalue weighted by Crippen LogP contribution is 2.34. The monoisotopic (exact) mass is 353 g/mol. The van der Waals surface area contributed by atoms with Crippen LogP contribution in [0.4, 0.5) is 4.79 Å². The molecule has 0 aliphatic rings. The summed E-state index contributed by atoms with van der Waals surface area (Å²) in [7, 11) is 0. The first-order chi connectivity index (χ1) is 9.74. The van der Waals surface area contributed by atoms with E-state index >= 15 is 0 Å². The lowest BCUT2D eigenvalue weighted by Gasteiger charge is -2.30. The Balaban J connectivity index is 2.64. The van der Waals surface area contributed by atoms with Gasteiger partial charge in [0.2, 0.25) is 0 Å². The fourth-order valence-corrected chi connectivity index (χ4v) is 2.82. The zero-order valence-corrected chi connectivity index (χ0v) is 14.2. The molecular weight excluding hydrogens is 334 g/mol. The van der Waals surface area contributed by atoms with Crippen molar-refractivity contribution in [2.45, 2.75) is 40.3 Å². The second-order valence-corrected chi connectivity index (χ2v) is 7.01. The topological polar surface area (TPSA) is 67.2 Å². The number of nitrogens with one attached hydrogen (secondary N) is 1. The summed E-state index contributed by atoms with van der Waals surface area (Å²) in [5.74, 6) is 0.750. The van der Waals surface area contributed by atoms with Crippen LogP contribution < -0.4 is 5.32 Å². The summed E-state index contributed by atoms with van der Waals surface area (Å²) >= 11 is 3.45. The van der Waals surface area contributed by atoms with Gasteiger partial charge in [-0.15, -0.1) is 0 Å². The summed E-state index contributed by atoms with van der Waals surface area (Å²) in [6, 6.07) is 5.54. The predicted octanol–water partition coefficient (Wildman–Crippen LogP) is 4.17.